The van der Waals surface area contributed by atoms with Crippen molar-refractivity contribution >= 4 is 60.7 Å². The number of nitrogens with one attached hydrogen (secondary N) is 1. The minimum absolute atomic E-state index is 0.156. The Morgan fingerprint density at radius 2 is 1.91 bits per heavy atom. The zero-order valence-corrected chi connectivity index (χ0v) is 22.4. The molecule has 3 nitrogen and oxygen atoms in total. The molecule has 0 saturated heterocycles. The molecule has 5 rings (SSSR count). The fraction of sp³-hybridized carbons (Fsp3) is 0.231. The first-order valence-electron chi connectivity index (χ1n) is 10.6. The summed E-state index contributed by atoms with van der Waals surface area (Å²) in [5.74, 6) is 2.14. The van der Waals surface area contributed by atoms with Crippen LogP contribution < -0.4 is 14.8 Å². The SMILES string of the molecule is COc1cc([C@@H]2Nc3ccc(Br)cc3[C@@H]3C=CC[C@@H]32)cc(Br)c1OCc1ccc(Cl)cc1Cl. The van der Waals surface area contributed by atoms with Crippen molar-refractivity contribution in [1.82, 2.24) is 0 Å². The third-order valence-electron chi connectivity index (χ3n) is 6.32. The van der Waals surface area contributed by atoms with Gasteiger partial charge in [0, 0.05) is 31.7 Å². The van der Waals surface area contributed by atoms with E-state index in [1.807, 2.05) is 6.07 Å². The largest absolute Gasteiger partial charge is 0.493 e. The maximum absolute atomic E-state index is 6.31. The van der Waals surface area contributed by atoms with Gasteiger partial charge in [-0.15, -0.1) is 0 Å². The van der Waals surface area contributed by atoms with Gasteiger partial charge in [0.25, 0.3) is 0 Å². The standard InChI is InChI=1S/C26H21Br2Cl2NO2/c1-32-24-10-15(9-21(28)26(24)33-13-14-5-7-17(29)12-22(14)30)25-19-4-2-3-18(19)20-11-16(27)6-8-23(20)31-25/h2-3,5-12,18-19,25,31H,4,13H2,1H3/t18-,19+,25+/m1/s1. The van der Waals surface area contributed by atoms with Crippen molar-refractivity contribution in [3.05, 3.63) is 96.4 Å². The average Bonchev–Trinajstić information content (AvgIpc) is 3.29. The van der Waals surface area contributed by atoms with Gasteiger partial charge in [-0.2, -0.15) is 0 Å². The molecule has 0 spiro atoms. The van der Waals surface area contributed by atoms with Crippen molar-refractivity contribution < 1.29 is 9.47 Å². The van der Waals surface area contributed by atoms with Gasteiger partial charge in [0.1, 0.15) is 6.61 Å². The maximum atomic E-state index is 6.31. The Bertz CT molecular complexity index is 1250. The molecule has 0 unspecified atom stereocenters. The molecule has 0 fully saturated rings. The van der Waals surface area contributed by atoms with Crippen LogP contribution in [0.25, 0.3) is 0 Å². The highest BCUT2D eigenvalue weighted by atomic mass is 79.9. The molecule has 0 radical (unpaired) electrons. The maximum Gasteiger partial charge on any atom is 0.175 e. The number of hydrogen-bond donors (Lipinski definition) is 1. The van der Waals surface area contributed by atoms with Crippen LogP contribution in [0.1, 0.15) is 35.1 Å². The Hall–Kier alpha value is -1.66. The second kappa shape index (κ2) is 9.53. The van der Waals surface area contributed by atoms with Gasteiger partial charge in [0.05, 0.1) is 17.6 Å². The summed E-state index contributed by atoms with van der Waals surface area (Å²) >= 11 is 19.7. The number of hydrogen-bond acceptors (Lipinski definition) is 3. The van der Waals surface area contributed by atoms with E-state index in [1.165, 1.54) is 11.3 Å². The number of ether oxygens (including phenoxy) is 2. The molecule has 1 N–H and O–H groups in total. The predicted octanol–water partition coefficient (Wildman–Crippen LogP) is 8.93. The van der Waals surface area contributed by atoms with Crippen LogP contribution in [0.2, 0.25) is 10.0 Å². The summed E-state index contributed by atoms with van der Waals surface area (Å²) < 4.78 is 13.8. The molecule has 3 atom stereocenters. The first-order chi connectivity index (χ1) is 15.9. The third-order valence-corrected chi connectivity index (χ3v) is 7.99. The summed E-state index contributed by atoms with van der Waals surface area (Å²) in [5.41, 5.74) is 4.52. The molecule has 0 amide bonds. The third kappa shape index (κ3) is 4.53. The molecule has 7 heteroatoms. The van der Waals surface area contributed by atoms with Gasteiger partial charge in [-0.3, -0.25) is 0 Å². The topological polar surface area (TPSA) is 30.5 Å². The molecule has 0 saturated carbocycles. The fourth-order valence-corrected chi connectivity index (χ4v) is 6.16. The van der Waals surface area contributed by atoms with Crippen LogP contribution in [0, 0.1) is 5.92 Å². The highest BCUT2D eigenvalue weighted by Gasteiger charge is 2.38. The van der Waals surface area contributed by atoms with Crippen molar-refractivity contribution in [3.63, 3.8) is 0 Å². The van der Waals surface area contributed by atoms with Gasteiger partial charge in [-0.1, -0.05) is 57.4 Å². The molecule has 170 valence electrons. The Balaban J connectivity index is 1.45. The number of methoxy groups -OCH3 is 1. The van der Waals surface area contributed by atoms with Gasteiger partial charge in [0.15, 0.2) is 11.5 Å². The monoisotopic (exact) mass is 607 g/mol. The minimum Gasteiger partial charge on any atom is -0.493 e. The Labute approximate surface area is 220 Å². The summed E-state index contributed by atoms with van der Waals surface area (Å²) in [4.78, 5) is 0. The molecule has 33 heavy (non-hydrogen) atoms. The highest BCUT2D eigenvalue weighted by Crippen LogP contribution is 2.51. The molecular weight excluding hydrogens is 589 g/mol. The highest BCUT2D eigenvalue weighted by molar-refractivity contribution is 9.10. The van der Waals surface area contributed by atoms with Crippen LogP contribution >= 0.6 is 55.1 Å². The minimum atomic E-state index is 0.156. The quantitative estimate of drug-likeness (QED) is 0.293. The van der Waals surface area contributed by atoms with Crippen LogP contribution in [-0.2, 0) is 6.61 Å². The number of rotatable bonds is 5. The number of benzene rings is 3. The first kappa shape index (κ1) is 23.1. The van der Waals surface area contributed by atoms with E-state index < -0.39 is 0 Å². The van der Waals surface area contributed by atoms with Gasteiger partial charge < -0.3 is 14.8 Å². The number of halogens is 4. The van der Waals surface area contributed by atoms with Crippen LogP contribution in [0.5, 0.6) is 11.5 Å². The number of fused-ring (bicyclic) bond motifs is 3. The molecule has 3 aromatic rings. The molecule has 2 aliphatic rings. The van der Waals surface area contributed by atoms with Crippen LogP contribution in [0.3, 0.4) is 0 Å². The lowest BCUT2D eigenvalue weighted by molar-refractivity contribution is 0.282. The van der Waals surface area contributed by atoms with Crippen molar-refractivity contribution in [1.29, 1.82) is 0 Å². The lowest BCUT2D eigenvalue weighted by Gasteiger charge is -2.38. The first-order valence-corrected chi connectivity index (χ1v) is 13.0. The molecular formula is C26H21Br2Cl2NO2. The lowest BCUT2D eigenvalue weighted by Crippen LogP contribution is -2.29. The van der Waals surface area contributed by atoms with E-state index in [0.717, 1.165) is 26.5 Å². The molecule has 1 aliphatic carbocycles. The normalized spacial score (nSPS) is 20.7. The van der Waals surface area contributed by atoms with E-state index in [9.17, 15) is 0 Å². The summed E-state index contributed by atoms with van der Waals surface area (Å²) in [5, 5.41) is 4.94. The second-order valence-corrected chi connectivity index (χ2v) is 10.9. The van der Waals surface area contributed by atoms with Crippen molar-refractivity contribution in [2.45, 2.75) is 25.0 Å². The smallest absolute Gasteiger partial charge is 0.175 e. The summed E-state index contributed by atoms with van der Waals surface area (Å²) in [6.07, 6.45) is 5.66. The van der Waals surface area contributed by atoms with Crippen molar-refractivity contribution in [3.8, 4) is 11.5 Å². The summed E-state index contributed by atoms with van der Waals surface area (Å²) in [7, 11) is 1.66. The molecule has 0 aromatic heterocycles. The zero-order chi connectivity index (χ0) is 23.1. The van der Waals surface area contributed by atoms with E-state index in [-0.39, 0.29) is 6.04 Å². The van der Waals surface area contributed by atoms with Gasteiger partial charge in [-0.25, -0.2) is 0 Å². The van der Waals surface area contributed by atoms with Crippen molar-refractivity contribution in [2.24, 2.45) is 5.92 Å². The van der Waals surface area contributed by atoms with E-state index in [1.54, 1.807) is 19.2 Å². The van der Waals surface area contributed by atoms with E-state index in [2.05, 4.69) is 79.7 Å². The van der Waals surface area contributed by atoms with Crippen LogP contribution in [0.15, 0.2) is 69.6 Å². The number of anilines is 1. The Morgan fingerprint density at radius 1 is 1.06 bits per heavy atom. The van der Waals surface area contributed by atoms with E-state index in [4.69, 9.17) is 32.7 Å². The predicted molar refractivity (Wildman–Crippen MR) is 142 cm³/mol. The molecule has 1 aliphatic heterocycles. The van der Waals surface area contributed by atoms with E-state index >= 15 is 0 Å². The van der Waals surface area contributed by atoms with Crippen molar-refractivity contribution in [2.75, 3.05) is 12.4 Å². The molecule has 3 aromatic carbocycles. The average molecular weight is 610 g/mol. The molecule has 1 heterocycles. The summed E-state index contributed by atoms with van der Waals surface area (Å²) in [6.45, 7) is 0.308. The second-order valence-electron chi connectivity index (χ2n) is 8.27. The molecule has 0 bridgehead atoms. The Kier molecular flexibility index (Phi) is 6.67. The van der Waals surface area contributed by atoms with Gasteiger partial charge in [0.2, 0.25) is 0 Å². The zero-order valence-electron chi connectivity index (χ0n) is 17.7. The lowest BCUT2D eigenvalue weighted by atomic mass is 9.77. The van der Waals surface area contributed by atoms with Crippen LogP contribution in [-0.4, -0.2) is 7.11 Å². The van der Waals surface area contributed by atoms with Crippen LogP contribution in [0.4, 0.5) is 5.69 Å². The fourth-order valence-electron chi connectivity index (χ4n) is 4.74. The van der Waals surface area contributed by atoms with Gasteiger partial charge >= 0.3 is 0 Å². The van der Waals surface area contributed by atoms with E-state index in [0.29, 0.717) is 40.0 Å². The summed E-state index contributed by atoms with van der Waals surface area (Å²) in [6, 6.07) is 16.2. The van der Waals surface area contributed by atoms with Gasteiger partial charge in [-0.05, 0) is 81.9 Å². The Morgan fingerprint density at radius 3 is 2.70 bits per heavy atom. The number of allylic oxidation sites excluding steroid dienone is 2.